The predicted molar refractivity (Wildman–Crippen MR) is 149 cm³/mol. The molecule has 1 fully saturated rings. The van der Waals surface area contributed by atoms with E-state index < -0.39 is 58.9 Å². The minimum absolute atomic E-state index is 0.0326. The Morgan fingerprint density at radius 1 is 0.733 bits per heavy atom. The van der Waals surface area contributed by atoms with Crippen molar-refractivity contribution in [2.45, 2.75) is 70.5 Å². The third-order valence-corrected chi connectivity index (χ3v) is 7.76. The number of benzene rings is 3. The number of ether oxygens (including phenoxy) is 3. The zero-order valence-corrected chi connectivity index (χ0v) is 24.2. The van der Waals surface area contributed by atoms with Crippen LogP contribution in [0, 0.1) is 23.5 Å². The molecule has 0 bridgehead atoms. The van der Waals surface area contributed by atoms with Crippen molar-refractivity contribution >= 4 is 0 Å². The molecule has 1 saturated carbocycles. The molecule has 1 aliphatic carbocycles. The van der Waals surface area contributed by atoms with Gasteiger partial charge in [0.05, 0.1) is 11.5 Å². The number of hydrogen-bond donors (Lipinski definition) is 0. The molecule has 0 aliphatic heterocycles. The highest BCUT2D eigenvalue weighted by Gasteiger charge is 2.44. The largest absolute Gasteiger partial charge is 0.432 e. The maximum atomic E-state index is 14.9. The summed E-state index contributed by atoms with van der Waals surface area (Å²) < 4.78 is 138. The third-order valence-electron chi connectivity index (χ3n) is 7.76. The van der Waals surface area contributed by atoms with E-state index in [1.807, 2.05) is 0 Å². The van der Waals surface area contributed by atoms with Gasteiger partial charge in [-0.25, -0.2) is 8.78 Å². The van der Waals surface area contributed by atoms with E-state index in [9.17, 15) is 39.5 Å². The molecular weight excluding hydrogens is 615 g/mol. The van der Waals surface area contributed by atoms with Gasteiger partial charge in [0.15, 0.2) is 11.6 Å². The Labute approximate surface area is 254 Å². The Bertz CT molecular complexity index is 1420. The first-order chi connectivity index (χ1) is 21.3. The number of unbranched alkanes of at least 4 members (excludes halogenated alkanes) is 2. The first-order valence-electron chi connectivity index (χ1n) is 14.5. The van der Waals surface area contributed by atoms with Crippen LogP contribution in [-0.4, -0.2) is 6.11 Å². The van der Waals surface area contributed by atoms with Crippen LogP contribution in [0.1, 0.15) is 63.9 Å². The highest BCUT2D eigenvalue weighted by molar-refractivity contribution is 5.64. The van der Waals surface area contributed by atoms with E-state index in [4.69, 9.17) is 4.74 Å². The van der Waals surface area contributed by atoms with Crippen LogP contribution in [0.3, 0.4) is 0 Å². The molecule has 0 N–H and O–H groups in total. The second kappa shape index (κ2) is 14.5. The lowest BCUT2D eigenvalue weighted by atomic mass is 9.79. The van der Waals surface area contributed by atoms with Crippen molar-refractivity contribution in [3.05, 3.63) is 90.0 Å². The molecule has 0 amide bonds. The molecule has 3 aromatic rings. The van der Waals surface area contributed by atoms with Crippen LogP contribution in [0.2, 0.25) is 0 Å². The summed E-state index contributed by atoms with van der Waals surface area (Å²) in [6, 6.07) is 8.19. The number of hydrogen-bond acceptors (Lipinski definition) is 3. The normalized spacial score (nSPS) is 17.1. The van der Waals surface area contributed by atoms with Crippen LogP contribution >= 0.6 is 0 Å². The van der Waals surface area contributed by atoms with Crippen molar-refractivity contribution in [2.75, 3.05) is 0 Å². The number of rotatable bonds is 13. The van der Waals surface area contributed by atoms with Gasteiger partial charge in [-0.1, -0.05) is 56.9 Å². The molecule has 0 radical (unpaired) electrons. The molecule has 4 rings (SSSR count). The summed E-state index contributed by atoms with van der Waals surface area (Å²) >= 11 is 0. The summed E-state index contributed by atoms with van der Waals surface area (Å²) in [5, 5.41) is 0. The molecule has 0 spiro atoms. The fraction of sp³-hybridized carbons (Fsp3) is 0.394. The van der Waals surface area contributed by atoms with Crippen molar-refractivity contribution in [3.8, 4) is 28.4 Å². The molecule has 0 unspecified atom stereocenters. The fourth-order valence-corrected chi connectivity index (χ4v) is 5.31. The second-order valence-electron chi connectivity index (χ2n) is 11.0. The topological polar surface area (TPSA) is 27.7 Å². The molecule has 3 aromatic carbocycles. The van der Waals surface area contributed by atoms with Gasteiger partial charge >= 0.3 is 24.3 Å². The van der Waals surface area contributed by atoms with Gasteiger partial charge < -0.3 is 14.2 Å². The van der Waals surface area contributed by atoms with Gasteiger partial charge in [0.1, 0.15) is 11.5 Å². The quantitative estimate of drug-likeness (QED) is 0.105. The molecule has 1 aliphatic rings. The molecule has 45 heavy (non-hydrogen) atoms. The monoisotopic (exact) mass is 646 g/mol. The Kier molecular flexibility index (Phi) is 11.0. The van der Waals surface area contributed by atoms with E-state index in [0.29, 0.717) is 29.9 Å². The SMILES string of the molecule is CCCCCC1CCC(C(F)(F)Oc2ccc(-c3ccc(C(F)(F)Oc4cc(F)c(OC(F)=C(F)F)c(F)c4)cc3)cc2)CC1. The van der Waals surface area contributed by atoms with Crippen molar-refractivity contribution < 1.29 is 53.7 Å². The van der Waals surface area contributed by atoms with E-state index in [2.05, 4.69) is 16.4 Å². The molecule has 12 heteroatoms. The summed E-state index contributed by atoms with van der Waals surface area (Å²) in [5.74, 6) is -6.54. The van der Waals surface area contributed by atoms with Crippen LogP contribution in [0.15, 0.2) is 72.8 Å². The van der Waals surface area contributed by atoms with Crippen molar-refractivity contribution in [1.29, 1.82) is 0 Å². The average Bonchev–Trinajstić information content (AvgIpc) is 2.99. The van der Waals surface area contributed by atoms with Gasteiger partial charge in [0.2, 0.25) is 5.75 Å². The van der Waals surface area contributed by atoms with Gasteiger partial charge in [-0.15, -0.1) is 0 Å². The molecule has 0 saturated heterocycles. The predicted octanol–water partition coefficient (Wildman–Crippen LogP) is 11.5. The van der Waals surface area contributed by atoms with Crippen LogP contribution < -0.4 is 14.2 Å². The lowest BCUT2D eigenvalue weighted by Gasteiger charge is -2.33. The molecule has 3 nitrogen and oxygen atoms in total. The van der Waals surface area contributed by atoms with Crippen molar-refractivity contribution in [1.82, 2.24) is 0 Å². The molecule has 0 heterocycles. The van der Waals surface area contributed by atoms with E-state index in [1.54, 1.807) is 0 Å². The maximum absolute atomic E-state index is 14.9. The number of alkyl halides is 4. The average molecular weight is 647 g/mol. The van der Waals surface area contributed by atoms with Crippen LogP contribution in [0.5, 0.6) is 17.2 Å². The summed E-state index contributed by atoms with van der Waals surface area (Å²) in [6.45, 7) is 2.13. The number of halogens is 9. The standard InChI is InChI=1S/C33H31F9O3/c1-2-3-4-5-20-6-12-23(13-7-20)32(39,40)44-25-16-10-22(11-17-25)21-8-14-24(15-9-21)33(41,42)45-26-18-27(34)29(28(35)19-26)43-31(38)30(36)37/h8-11,14-20,23H,2-7,12-13H2,1H3. The Balaban J connectivity index is 1.36. The van der Waals surface area contributed by atoms with Crippen LogP contribution in [0.4, 0.5) is 39.5 Å². The first kappa shape index (κ1) is 34.1. The van der Waals surface area contributed by atoms with E-state index in [-0.39, 0.29) is 17.9 Å². The first-order valence-corrected chi connectivity index (χ1v) is 14.5. The highest BCUT2D eigenvalue weighted by atomic mass is 19.3. The summed E-state index contributed by atoms with van der Waals surface area (Å²) in [7, 11) is 0. The zero-order valence-electron chi connectivity index (χ0n) is 24.2. The summed E-state index contributed by atoms with van der Waals surface area (Å²) in [6.07, 6.45) is -3.66. The van der Waals surface area contributed by atoms with Gasteiger partial charge in [-0.2, -0.15) is 30.7 Å². The molecule has 244 valence electrons. The lowest BCUT2D eigenvalue weighted by molar-refractivity contribution is -0.223. The van der Waals surface area contributed by atoms with E-state index in [1.165, 1.54) is 36.4 Å². The minimum atomic E-state index is -4.10. The molecule has 0 atom stereocenters. The minimum Gasteiger partial charge on any atom is -0.432 e. The van der Waals surface area contributed by atoms with Crippen LogP contribution in [0.25, 0.3) is 11.1 Å². The van der Waals surface area contributed by atoms with Crippen molar-refractivity contribution in [2.24, 2.45) is 11.8 Å². The third kappa shape index (κ3) is 8.88. The Hall–Kier alpha value is -3.83. The summed E-state index contributed by atoms with van der Waals surface area (Å²) in [4.78, 5) is 0. The smallest absolute Gasteiger partial charge is 0.426 e. The van der Waals surface area contributed by atoms with Crippen molar-refractivity contribution in [3.63, 3.8) is 0 Å². The molecular formula is C33H31F9O3. The van der Waals surface area contributed by atoms with Gasteiger partial charge in [-0.3, -0.25) is 0 Å². The van der Waals surface area contributed by atoms with Gasteiger partial charge in [-0.05, 0) is 67.0 Å². The summed E-state index contributed by atoms with van der Waals surface area (Å²) in [5.41, 5.74) is 0.253. The lowest BCUT2D eigenvalue weighted by Crippen LogP contribution is -2.37. The Morgan fingerprint density at radius 2 is 1.29 bits per heavy atom. The van der Waals surface area contributed by atoms with E-state index >= 15 is 0 Å². The van der Waals surface area contributed by atoms with E-state index in [0.717, 1.165) is 50.7 Å². The maximum Gasteiger partial charge on any atom is 0.426 e. The second-order valence-corrected chi connectivity index (χ2v) is 11.0. The highest BCUT2D eigenvalue weighted by Crippen LogP contribution is 2.42. The fourth-order valence-electron chi connectivity index (χ4n) is 5.31. The van der Waals surface area contributed by atoms with Gasteiger partial charge in [0, 0.05) is 12.1 Å². The van der Waals surface area contributed by atoms with Gasteiger partial charge in [0.25, 0.3) is 0 Å². The van der Waals surface area contributed by atoms with Crippen LogP contribution in [-0.2, 0) is 6.11 Å². The Morgan fingerprint density at radius 3 is 1.82 bits per heavy atom. The zero-order chi connectivity index (χ0) is 32.8. The molecule has 0 aromatic heterocycles.